The molecule has 1 aliphatic carbocycles. The van der Waals surface area contributed by atoms with Crippen molar-refractivity contribution in [2.45, 2.75) is 19.3 Å². The Morgan fingerprint density at radius 1 is 1.36 bits per heavy atom. The minimum Gasteiger partial charge on any atom is -0.619 e. The second kappa shape index (κ2) is 2.53. The highest BCUT2D eigenvalue weighted by Gasteiger charge is 2.21. The van der Waals surface area contributed by atoms with Crippen molar-refractivity contribution < 1.29 is 4.73 Å². The first kappa shape index (κ1) is 6.65. The Bertz CT molecular complexity index is 238. The Morgan fingerprint density at radius 3 is 2.55 bits per heavy atom. The van der Waals surface area contributed by atoms with Gasteiger partial charge in [-0.1, -0.05) is 0 Å². The number of rotatable bonds is 2. The molecular formula is C9H11NO. The first-order valence-corrected chi connectivity index (χ1v) is 4.02. The van der Waals surface area contributed by atoms with Crippen molar-refractivity contribution in [2.75, 3.05) is 0 Å². The maximum atomic E-state index is 10.6. The summed E-state index contributed by atoms with van der Waals surface area (Å²) in [5.74, 6) is 0.900. The van der Waals surface area contributed by atoms with E-state index >= 15 is 0 Å². The van der Waals surface area contributed by atoms with Gasteiger partial charge in [-0.15, -0.1) is 0 Å². The third kappa shape index (κ3) is 1.70. The molecule has 58 valence electrons. The largest absolute Gasteiger partial charge is 0.619 e. The lowest BCUT2D eigenvalue weighted by atomic mass is 10.1. The minimum absolute atomic E-state index is 0.830. The fraction of sp³-hybridized carbons (Fsp3) is 0.444. The van der Waals surface area contributed by atoms with Crippen molar-refractivity contribution in [3.05, 3.63) is 35.3 Å². The van der Waals surface area contributed by atoms with Crippen molar-refractivity contribution >= 4 is 0 Å². The summed E-state index contributed by atoms with van der Waals surface area (Å²) >= 11 is 0. The zero-order chi connectivity index (χ0) is 7.68. The lowest BCUT2D eigenvalue weighted by Crippen LogP contribution is -2.23. The van der Waals surface area contributed by atoms with Crippen LogP contribution in [0.2, 0.25) is 0 Å². The summed E-state index contributed by atoms with van der Waals surface area (Å²) in [6.07, 6.45) is 7.02. The van der Waals surface area contributed by atoms with Gasteiger partial charge < -0.3 is 5.21 Å². The standard InChI is InChI=1S/C9H11NO/c11-10-5-3-9(4-6-10)7-8-1-2-8/h3-6,8H,1-2,7H2. The highest BCUT2D eigenvalue weighted by atomic mass is 16.5. The van der Waals surface area contributed by atoms with Gasteiger partial charge in [-0.05, 0) is 30.7 Å². The van der Waals surface area contributed by atoms with Crippen molar-refractivity contribution in [3.8, 4) is 0 Å². The summed E-state index contributed by atoms with van der Waals surface area (Å²) in [7, 11) is 0. The Morgan fingerprint density at radius 2 is 2.00 bits per heavy atom. The van der Waals surface area contributed by atoms with E-state index in [0.29, 0.717) is 0 Å². The molecule has 11 heavy (non-hydrogen) atoms. The SMILES string of the molecule is [O-][n+]1ccc(CC2CC2)cc1. The second-order valence-corrected chi connectivity index (χ2v) is 3.21. The van der Waals surface area contributed by atoms with E-state index in [4.69, 9.17) is 0 Å². The molecule has 1 aliphatic rings. The average Bonchev–Trinajstić information content (AvgIpc) is 2.78. The average molecular weight is 149 g/mol. The number of nitrogens with zero attached hydrogens (tertiary/aromatic N) is 1. The molecule has 1 aromatic heterocycles. The topological polar surface area (TPSA) is 26.9 Å². The molecule has 1 saturated carbocycles. The fourth-order valence-corrected chi connectivity index (χ4v) is 1.24. The van der Waals surface area contributed by atoms with Crippen molar-refractivity contribution in [1.82, 2.24) is 0 Å². The Labute approximate surface area is 66.1 Å². The van der Waals surface area contributed by atoms with E-state index in [-0.39, 0.29) is 0 Å². The Balaban J connectivity index is 2.06. The molecule has 2 heteroatoms. The molecule has 0 amide bonds. The normalized spacial score (nSPS) is 16.7. The van der Waals surface area contributed by atoms with Crippen LogP contribution in [0.25, 0.3) is 0 Å². The predicted octanol–water partition coefficient (Wildman–Crippen LogP) is 1.27. The van der Waals surface area contributed by atoms with E-state index in [1.807, 2.05) is 12.1 Å². The van der Waals surface area contributed by atoms with E-state index in [1.54, 1.807) is 12.4 Å². The van der Waals surface area contributed by atoms with Gasteiger partial charge in [-0.25, -0.2) is 0 Å². The molecule has 0 atom stereocenters. The van der Waals surface area contributed by atoms with Crippen molar-refractivity contribution in [2.24, 2.45) is 5.92 Å². The van der Waals surface area contributed by atoms with Crippen LogP contribution in [0, 0.1) is 11.1 Å². The molecule has 1 fully saturated rings. The first-order chi connectivity index (χ1) is 5.34. The van der Waals surface area contributed by atoms with Crippen LogP contribution in [-0.4, -0.2) is 0 Å². The summed E-state index contributed by atoms with van der Waals surface area (Å²) in [5, 5.41) is 10.6. The van der Waals surface area contributed by atoms with Crippen LogP contribution in [-0.2, 0) is 6.42 Å². The Kier molecular flexibility index (Phi) is 1.53. The molecule has 1 aromatic rings. The third-order valence-electron chi connectivity index (χ3n) is 2.09. The summed E-state index contributed by atoms with van der Waals surface area (Å²) in [5.41, 5.74) is 1.29. The third-order valence-corrected chi connectivity index (χ3v) is 2.09. The van der Waals surface area contributed by atoms with E-state index in [0.717, 1.165) is 17.1 Å². The van der Waals surface area contributed by atoms with Gasteiger partial charge in [0.1, 0.15) is 0 Å². The molecule has 0 spiro atoms. The summed E-state index contributed by atoms with van der Waals surface area (Å²) in [6.45, 7) is 0. The fourth-order valence-electron chi connectivity index (χ4n) is 1.24. The lowest BCUT2D eigenvalue weighted by Gasteiger charge is -1.97. The molecular weight excluding hydrogens is 138 g/mol. The molecule has 0 radical (unpaired) electrons. The van der Waals surface area contributed by atoms with Gasteiger partial charge in [0.2, 0.25) is 0 Å². The number of hydrogen-bond donors (Lipinski definition) is 0. The monoisotopic (exact) mass is 149 g/mol. The molecule has 0 N–H and O–H groups in total. The van der Waals surface area contributed by atoms with Crippen molar-refractivity contribution in [3.63, 3.8) is 0 Å². The lowest BCUT2D eigenvalue weighted by molar-refractivity contribution is -0.605. The van der Waals surface area contributed by atoms with Crippen LogP contribution in [0.5, 0.6) is 0 Å². The highest BCUT2D eigenvalue weighted by Crippen LogP contribution is 2.32. The highest BCUT2D eigenvalue weighted by molar-refractivity contribution is 5.09. The maximum absolute atomic E-state index is 10.6. The number of pyridine rings is 1. The Hall–Kier alpha value is -1.05. The van der Waals surface area contributed by atoms with Crippen LogP contribution >= 0.6 is 0 Å². The molecule has 0 aromatic carbocycles. The predicted molar refractivity (Wildman–Crippen MR) is 41.8 cm³/mol. The van der Waals surface area contributed by atoms with E-state index in [2.05, 4.69) is 0 Å². The van der Waals surface area contributed by atoms with Gasteiger partial charge in [0.05, 0.1) is 0 Å². The molecule has 0 saturated heterocycles. The van der Waals surface area contributed by atoms with Crippen LogP contribution < -0.4 is 4.73 Å². The number of hydrogen-bond acceptors (Lipinski definition) is 1. The molecule has 1 heterocycles. The maximum Gasteiger partial charge on any atom is 0.180 e. The van der Waals surface area contributed by atoms with E-state index < -0.39 is 0 Å². The molecule has 0 aliphatic heterocycles. The van der Waals surface area contributed by atoms with Crippen LogP contribution in [0.3, 0.4) is 0 Å². The smallest absolute Gasteiger partial charge is 0.180 e. The van der Waals surface area contributed by atoms with E-state index in [1.165, 1.54) is 18.4 Å². The summed E-state index contributed by atoms with van der Waals surface area (Å²) in [4.78, 5) is 0. The van der Waals surface area contributed by atoms with Crippen LogP contribution in [0.1, 0.15) is 18.4 Å². The minimum atomic E-state index is 0.830. The first-order valence-electron chi connectivity index (χ1n) is 4.02. The van der Waals surface area contributed by atoms with Gasteiger partial charge in [-0.2, -0.15) is 4.73 Å². The van der Waals surface area contributed by atoms with Gasteiger partial charge >= 0.3 is 0 Å². The van der Waals surface area contributed by atoms with Gasteiger partial charge in [-0.3, -0.25) is 0 Å². The molecule has 2 nitrogen and oxygen atoms in total. The van der Waals surface area contributed by atoms with E-state index in [9.17, 15) is 5.21 Å². The zero-order valence-electron chi connectivity index (χ0n) is 6.36. The summed E-state index contributed by atoms with van der Waals surface area (Å²) < 4.78 is 0.830. The van der Waals surface area contributed by atoms with Crippen LogP contribution in [0.15, 0.2) is 24.5 Å². The zero-order valence-corrected chi connectivity index (χ0v) is 6.36. The quantitative estimate of drug-likeness (QED) is 0.459. The van der Waals surface area contributed by atoms with Gasteiger partial charge in [0.15, 0.2) is 12.4 Å². The van der Waals surface area contributed by atoms with Crippen LogP contribution in [0.4, 0.5) is 0 Å². The number of aromatic nitrogens is 1. The van der Waals surface area contributed by atoms with Gasteiger partial charge in [0.25, 0.3) is 0 Å². The molecule has 2 rings (SSSR count). The van der Waals surface area contributed by atoms with Gasteiger partial charge in [0, 0.05) is 12.1 Å². The molecule has 0 bridgehead atoms. The van der Waals surface area contributed by atoms with Crippen molar-refractivity contribution in [1.29, 1.82) is 0 Å². The second-order valence-electron chi connectivity index (χ2n) is 3.21. The molecule has 0 unspecified atom stereocenters. The summed E-state index contributed by atoms with van der Waals surface area (Å²) in [6, 6.07) is 3.82.